The third-order valence-corrected chi connectivity index (χ3v) is 3.10. The minimum atomic E-state index is -0.818. The van der Waals surface area contributed by atoms with Crippen molar-refractivity contribution in [1.82, 2.24) is 4.98 Å². The van der Waals surface area contributed by atoms with Gasteiger partial charge in [-0.25, -0.2) is 0 Å². The van der Waals surface area contributed by atoms with Crippen LogP contribution in [-0.2, 0) is 9.59 Å². The van der Waals surface area contributed by atoms with Gasteiger partial charge in [-0.15, -0.1) is 0 Å². The molecule has 1 heterocycles. The van der Waals surface area contributed by atoms with Gasteiger partial charge in [-0.2, -0.15) is 0 Å². The number of pyridine rings is 1. The van der Waals surface area contributed by atoms with Crippen molar-refractivity contribution in [3.8, 4) is 0 Å². The second-order valence-electron chi connectivity index (χ2n) is 4.12. The van der Waals surface area contributed by atoms with E-state index in [4.69, 9.17) is 5.11 Å². The molecule has 0 spiro atoms. The van der Waals surface area contributed by atoms with Crippen molar-refractivity contribution < 1.29 is 14.7 Å². The molecule has 1 aromatic heterocycles. The number of ketones is 1. The van der Waals surface area contributed by atoms with E-state index in [0.717, 1.165) is 5.56 Å². The lowest BCUT2D eigenvalue weighted by molar-refractivity contribution is -0.144. The van der Waals surface area contributed by atoms with Crippen LogP contribution in [0.5, 0.6) is 0 Å². The molecule has 1 aliphatic rings. The topological polar surface area (TPSA) is 67.3 Å². The Bertz CT molecular complexity index is 402. The highest BCUT2D eigenvalue weighted by atomic mass is 16.4. The van der Waals surface area contributed by atoms with E-state index in [-0.39, 0.29) is 11.7 Å². The molecule has 84 valence electrons. The summed E-state index contributed by atoms with van der Waals surface area (Å²) in [6.07, 6.45) is 4.44. The van der Waals surface area contributed by atoms with Crippen LogP contribution in [-0.4, -0.2) is 21.8 Å². The predicted molar refractivity (Wildman–Crippen MR) is 57.0 cm³/mol. The lowest BCUT2D eigenvalue weighted by Gasteiger charge is -2.27. The fraction of sp³-hybridized carbons (Fsp3) is 0.417. The Morgan fingerprint density at radius 1 is 1.50 bits per heavy atom. The SMILES string of the molecule is O=C1CCC(C(=O)O)C(c2cccnc2)C1. The Labute approximate surface area is 93.3 Å². The van der Waals surface area contributed by atoms with Gasteiger partial charge in [0.15, 0.2) is 0 Å². The third-order valence-electron chi connectivity index (χ3n) is 3.10. The smallest absolute Gasteiger partial charge is 0.307 e. The molecule has 1 fully saturated rings. The van der Waals surface area contributed by atoms with Gasteiger partial charge in [0.2, 0.25) is 0 Å². The number of carbonyl (C=O) groups excluding carboxylic acids is 1. The zero-order valence-electron chi connectivity index (χ0n) is 8.80. The molecule has 0 amide bonds. The first-order chi connectivity index (χ1) is 7.68. The summed E-state index contributed by atoms with van der Waals surface area (Å²) < 4.78 is 0. The Kier molecular flexibility index (Phi) is 2.99. The van der Waals surface area contributed by atoms with Crippen molar-refractivity contribution in [2.24, 2.45) is 5.92 Å². The molecule has 1 aliphatic carbocycles. The van der Waals surface area contributed by atoms with E-state index in [0.29, 0.717) is 19.3 Å². The van der Waals surface area contributed by atoms with E-state index in [2.05, 4.69) is 4.98 Å². The zero-order valence-corrected chi connectivity index (χ0v) is 8.80. The average molecular weight is 219 g/mol. The Morgan fingerprint density at radius 3 is 2.94 bits per heavy atom. The van der Waals surface area contributed by atoms with Crippen LogP contribution in [0.2, 0.25) is 0 Å². The molecule has 4 heteroatoms. The molecule has 1 N–H and O–H groups in total. The second kappa shape index (κ2) is 4.43. The summed E-state index contributed by atoms with van der Waals surface area (Å²) in [6, 6.07) is 3.61. The van der Waals surface area contributed by atoms with Crippen molar-refractivity contribution >= 4 is 11.8 Å². The molecule has 2 rings (SSSR count). The first-order valence-electron chi connectivity index (χ1n) is 5.33. The number of hydrogen-bond donors (Lipinski definition) is 1. The van der Waals surface area contributed by atoms with E-state index in [1.165, 1.54) is 0 Å². The molecule has 16 heavy (non-hydrogen) atoms. The van der Waals surface area contributed by atoms with Crippen LogP contribution in [0.1, 0.15) is 30.7 Å². The monoisotopic (exact) mass is 219 g/mol. The van der Waals surface area contributed by atoms with Gasteiger partial charge in [-0.3, -0.25) is 14.6 Å². The highest BCUT2D eigenvalue weighted by molar-refractivity contribution is 5.83. The summed E-state index contributed by atoms with van der Waals surface area (Å²) >= 11 is 0. The van der Waals surface area contributed by atoms with Crippen molar-refractivity contribution in [1.29, 1.82) is 0 Å². The van der Waals surface area contributed by atoms with Crippen LogP contribution in [0.15, 0.2) is 24.5 Å². The van der Waals surface area contributed by atoms with Gasteiger partial charge in [0.1, 0.15) is 5.78 Å². The fourth-order valence-corrected chi connectivity index (χ4v) is 2.25. The molecule has 0 bridgehead atoms. The number of rotatable bonds is 2. The summed E-state index contributed by atoms with van der Waals surface area (Å²) in [5.41, 5.74) is 0.850. The number of hydrogen-bond acceptors (Lipinski definition) is 3. The van der Waals surface area contributed by atoms with E-state index in [9.17, 15) is 9.59 Å². The Hall–Kier alpha value is -1.71. The molecular formula is C12H13NO3. The summed E-state index contributed by atoms with van der Waals surface area (Å²) in [6.45, 7) is 0. The number of carboxylic acids is 1. The van der Waals surface area contributed by atoms with Crippen LogP contribution in [0, 0.1) is 5.92 Å². The molecule has 4 nitrogen and oxygen atoms in total. The minimum Gasteiger partial charge on any atom is -0.481 e. The number of aromatic nitrogens is 1. The molecule has 1 aromatic rings. The van der Waals surface area contributed by atoms with E-state index in [1.807, 2.05) is 6.07 Å². The maximum absolute atomic E-state index is 11.4. The van der Waals surface area contributed by atoms with Crippen molar-refractivity contribution in [2.45, 2.75) is 25.2 Å². The molecular weight excluding hydrogens is 206 g/mol. The normalized spacial score (nSPS) is 25.4. The highest BCUT2D eigenvalue weighted by Gasteiger charge is 2.35. The first kappa shape index (κ1) is 10.8. The van der Waals surface area contributed by atoms with Crippen LogP contribution in [0.25, 0.3) is 0 Å². The van der Waals surface area contributed by atoms with Crippen LogP contribution in [0.3, 0.4) is 0 Å². The van der Waals surface area contributed by atoms with Gasteiger partial charge in [-0.1, -0.05) is 6.07 Å². The zero-order chi connectivity index (χ0) is 11.5. The lowest BCUT2D eigenvalue weighted by Crippen LogP contribution is -2.29. The number of aliphatic carboxylic acids is 1. The molecule has 2 unspecified atom stereocenters. The number of carbonyl (C=O) groups is 2. The van der Waals surface area contributed by atoms with Gasteiger partial charge in [0, 0.05) is 31.2 Å². The van der Waals surface area contributed by atoms with Gasteiger partial charge in [0.25, 0.3) is 0 Å². The molecule has 0 aliphatic heterocycles. The van der Waals surface area contributed by atoms with Crippen LogP contribution < -0.4 is 0 Å². The predicted octanol–water partition coefficient (Wildman–Crippen LogP) is 1.62. The van der Waals surface area contributed by atoms with Gasteiger partial charge in [-0.05, 0) is 18.1 Å². The lowest BCUT2D eigenvalue weighted by atomic mass is 9.75. The molecule has 0 saturated heterocycles. The summed E-state index contributed by atoms with van der Waals surface area (Å²) in [4.78, 5) is 26.5. The first-order valence-corrected chi connectivity index (χ1v) is 5.33. The molecule has 0 radical (unpaired) electrons. The van der Waals surface area contributed by atoms with Crippen LogP contribution in [0.4, 0.5) is 0 Å². The van der Waals surface area contributed by atoms with E-state index in [1.54, 1.807) is 18.5 Å². The maximum Gasteiger partial charge on any atom is 0.307 e. The van der Waals surface area contributed by atoms with Crippen molar-refractivity contribution in [3.05, 3.63) is 30.1 Å². The maximum atomic E-state index is 11.4. The molecule has 0 aromatic carbocycles. The third kappa shape index (κ3) is 2.10. The van der Waals surface area contributed by atoms with E-state index >= 15 is 0 Å². The van der Waals surface area contributed by atoms with Crippen LogP contribution >= 0.6 is 0 Å². The van der Waals surface area contributed by atoms with Crippen molar-refractivity contribution in [2.75, 3.05) is 0 Å². The standard InChI is InChI=1S/C12H13NO3/c14-9-3-4-10(12(15)16)11(6-9)8-2-1-5-13-7-8/h1-2,5,7,10-11H,3-4,6H2,(H,15,16). The van der Waals surface area contributed by atoms with Gasteiger partial charge >= 0.3 is 5.97 Å². The minimum absolute atomic E-state index is 0.145. The van der Waals surface area contributed by atoms with Crippen molar-refractivity contribution in [3.63, 3.8) is 0 Å². The summed E-state index contributed by atoms with van der Waals surface area (Å²) in [5.74, 6) is -1.35. The fourth-order valence-electron chi connectivity index (χ4n) is 2.25. The molecule has 1 saturated carbocycles. The average Bonchev–Trinajstić information content (AvgIpc) is 2.29. The van der Waals surface area contributed by atoms with Gasteiger partial charge in [0.05, 0.1) is 5.92 Å². The number of nitrogens with zero attached hydrogens (tertiary/aromatic N) is 1. The van der Waals surface area contributed by atoms with E-state index < -0.39 is 11.9 Å². The quantitative estimate of drug-likeness (QED) is 0.820. The number of Topliss-reactive ketones (excluding diaryl/α,β-unsaturated/α-hetero) is 1. The second-order valence-corrected chi connectivity index (χ2v) is 4.12. The number of carboxylic acid groups (broad SMARTS) is 1. The summed E-state index contributed by atoms with van der Waals surface area (Å²) in [7, 11) is 0. The summed E-state index contributed by atoms with van der Waals surface area (Å²) in [5, 5.41) is 9.12. The molecule has 2 atom stereocenters. The Morgan fingerprint density at radius 2 is 2.31 bits per heavy atom. The van der Waals surface area contributed by atoms with Gasteiger partial charge < -0.3 is 5.11 Å². The Balaban J connectivity index is 2.27. The highest BCUT2D eigenvalue weighted by Crippen LogP contribution is 2.35. The largest absolute Gasteiger partial charge is 0.481 e.